The average molecular weight is 350 g/mol. The first-order valence-corrected chi connectivity index (χ1v) is 9.11. The number of piperidine rings is 1. The van der Waals surface area contributed by atoms with Gasteiger partial charge in [0.25, 0.3) is 5.92 Å². The van der Waals surface area contributed by atoms with Crippen molar-refractivity contribution in [2.24, 2.45) is 5.41 Å². The predicted octanol–water partition coefficient (Wildman–Crippen LogP) is 3.28. The van der Waals surface area contributed by atoms with E-state index in [1.807, 2.05) is 28.5 Å². The van der Waals surface area contributed by atoms with Gasteiger partial charge in [-0.2, -0.15) is 0 Å². The van der Waals surface area contributed by atoms with Gasteiger partial charge in [-0.25, -0.2) is 18.7 Å². The van der Waals surface area contributed by atoms with Crippen LogP contribution in [0.25, 0.3) is 0 Å². The Kier molecular flexibility index (Phi) is 4.00. The Bertz CT molecular complexity index is 679. The molecule has 0 radical (unpaired) electrons. The zero-order valence-corrected chi connectivity index (χ0v) is 14.2. The number of rotatable bonds is 3. The van der Waals surface area contributed by atoms with E-state index in [0.29, 0.717) is 39.1 Å². The molecule has 1 spiro atoms. The maximum Gasteiger partial charge on any atom is 0.257 e. The summed E-state index contributed by atoms with van der Waals surface area (Å²) < 4.78 is 29.6. The van der Waals surface area contributed by atoms with Crippen LogP contribution in [-0.2, 0) is 6.54 Å². The first kappa shape index (κ1) is 15.9. The fraction of sp³-hybridized carbons (Fsp3) is 0.529. The lowest BCUT2D eigenvalue weighted by Crippen LogP contribution is -2.56. The highest BCUT2D eigenvalue weighted by atomic mass is 32.1. The zero-order valence-electron chi connectivity index (χ0n) is 13.4. The third-order valence-electron chi connectivity index (χ3n) is 5.21. The highest BCUT2D eigenvalue weighted by molar-refractivity contribution is 7.09. The average Bonchev–Trinajstić information content (AvgIpc) is 3.23. The third kappa shape index (κ3) is 2.80. The van der Waals surface area contributed by atoms with Gasteiger partial charge in [0.2, 0.25) is 0 Å². The molecule has 0 aliphatic carbocycles. The van der Waals surface area contributed by atoms with Crippen LogP contribution in [0.4, 0.5) is 14.6 Å². The number of anilines is 1. The van der Waals surface area contributed by atoms with Gasteiger partial charge in [-0.15, -0.1) is 11.3 Å². The van der Waals surface area contributed by atoms with E-state index in [-0.39, 0.29) is 6.42 Å². The lowest BCUT2D eigenvalue weighted by atomic mass is 9.75. The topological polar surface area (TPSA) is 32.3 Å². The third-order valence-corrected chi connectivity index (χ3v) is 5.98. The second-order valence-electron chi connectivity index (χ2n) is 6.73. The molecule has 2 fully saturated rings. The minimum atomic E-state index is -2.63. The summed E-state index contributed by atoms with van der Waals surface area (Å²) in [6.07, 6.45) is 3.92. The number of likely N-dealkylation sites (tertiary alicyclic amines) is 1. The molecule has 128 valence electrons. The fourth-order valence-corrected chi connectivity index (χ4v) is 4.54. The molecule has 0 bridgehead atoms. The number of pyridine rings is 1. The summed E-state index contributed by atoms with van der Waals surface area (Å²) >= 11 is 1.58. The Morgan fingerprint density at radius 1 is 1.08 bits per heavy atom. The van der Waals surface area contributed by atoms with E-state index in [4.69, 9.17) is 0 Å². The first-order chi connectivity index (χ1) is 11.6. The number of aromatic nitrogens is 2. The van der Waals surface area contributed by atoms with Crippen molar-refractivity contribution in [3.05, 3.63) is 41.0 Å². The van der Waals surface area contributed by atoms with E-state index in [0.717, 1.165) is 10.8 Å². The van der Waals surface area contributed by atoms with Gasteiger partial charge >= 0.3 is 0 Å². The smallest absolute Gasteiger partial charge is 0.257 e. The molecule has 2 aliphatic rings. The molecule has 4 heterocycles. The number of halogens is 2. The van der Waals surface area contributed by atoms with Crippen LogP contribution in [-0.4, -0.2) is 47.0 Å². The van der Waals surface area contributed by atoms with Crippen molar-refractivity contribution >= 4 is 17.2 Å². The number of hydrogen-bond donors (Lipinski definition) is 0. The summed E-state index contributed by atoms with van der Waals surface area (Å²) in [5.41, 5.74) is -0.986. The SMILES string of the molecule is FC1(F)CCN(Cc2nccs2)C[C@@]12CCN(c1ccccn1)C2. The van der Waals surface area contributed by atoms with Crippen molar-refractivity contribution in [3.63, 3.8) is 0 Å². The van der Waals surface area contributed by atoms with Gasteiger partial charge < -0.3 is 4.90 Å². The molecule has 0 unspecified atom stereocenters. The molecule has 0 amide bonds. The molecule has 2 saturated heterocycles. The van der Waals surface area contributed by atoms with Gasteiger partial charge in [0, 0.05) is 50.4 Å². The normalized spacial score (nSPS) is 27.0. The van der Waals surface area contributed by atoms with Crippen LogP contribution in [0.3, 0.4) is 0 Å². The van der Waals surface area contributed by atoms with Crippen LogP contribution >= 0.6 is 11.3 Å². The molecule has 2 aromatic heterocycles. The second-order valence-corrected chi connectivity index (χ2v) is 7.71. The summed E-state index contributed by atoms with van der Waals surface area (Å²) in [4.78, 5) is 12.8. The van der Waals surface area contributed by atoms with E-state index in [1.54, 1.807) is 23.7 Å². The molecule has 1 atom stereocenters. The van der Waals surface area contributed by atoms with Gasteiger partial charge in [-0.05, 0) is 18.6 Å². The zero-order chi connectivity index (χ0) is 16.6. The van der Waals surface area contributed by atoms with Gasteiger partial charge in [-0.1, -0.05) is 6.07 Å². The van der Waals surface area contributed by atoms with Gasteiger partial charge in [0.15, 0.2) is 0 Å². The van der Waals surface area contributed by atoms with Crippen LogP contribution in [0.5, 0.6) is 0 Å². The van der Waals surface area contributed by atoms with E-state index in [2.05, 4.69) is 14.9 Å². The number of nitrogens with zero attached hydrogens (tertiary/aromatic N) is 4. The lowest BCUT2D eigenvalue weighted by Gasteiger charge is -2.45. The van der Waals surface area contributed by atoms with Crippen molar-refractivity contribution in [2.75, 3.05) is 31.1 Å². The lowest BCUT2D eigenvalue weighted by molar-refractivity contribution is -0.158. The van der Waals surface area contributed by atoms with Crippen molar-refractivity contribution < 1.29 is 8.78 Å². The molecule has 0 N–H and O–H groups in total. The fourth-order valence-electron chi connectivity index (χ4n) is 3.88. The summed E-state index contributed by atoms with van der Waals surface area (Å²) in [5, 5.41) is 2.93. The molecular formula is C17H20F2N4S. The number of alkyl halides is 2. The maximum absolute atomic E-state index is 14.8. The highest BCUT2D eigenvalue weighted by Gasteiger charge is 2.59. The minimum absolute atomic E-state index is 0.0750. The largest absolute Gasteiger partial charge is 0.356 e. The van der Waals surface area contributed by atoms with E-state index >= 15 is 0 Å². The summed E-state index contributed by atoms with van der Waals surface area (Å²) in [6.45, 7) is 2.52. The molecular weight excluding hydrogens is 330 g/mol. The Hall–Kier alpha value is -1.60. The molecule has 24 heavy (non-hydrogen) atoms. The number of hydrogen-bond acceptors (Lipinski definition) is 5. The van der Waals surface area contributed by atoms with Crippen LogP contribution in [0.1, 0.15) is 17.8 Å². The quantitative estimate of drug-likeness (QED) is 0.850. The molecule has 2 aromatic rings. The van der Waals surface area contributed by atoms with Crippen molar-refractivity contribution in [1.29, 1.82) is 0 Å². The Balaban J connectivity index is 1.53. The van der Waals surface area contributed by atoms with Crippen LogP contribution in [0.15, 0.2) is 36.0 Å². The Labute approximate surface area is 144 Å². The van der Waals surface area contributed by atoms with Crippen molar-refractivity contribution in [2.45, 2.75) is 25.3 Å². The first-order valence-electron chi connectivity index (χ1n) is 8.23. The minimum Gasteiger partial charge on any atom is -0.356 e. The van der Waals surface area contributed by atoms with Gasteiger partial charge in [0.1, 0.15) is 10.8 Å². The van der Waals surface area contributed by atoms with Crippen LogP contribution in [0.2, 0.25) is 0 Å². The Morgan fingerprint density at radius 2 is 2.00 bits per heavy atom. The van der Waals surface area contributed by atoms with E-state index in [9.17, 15) is 8.78 Å². The number of thiazole rings is 1. The van der Waals surface area contributed by atoms with Gasteiger partial charge in [0.05, 0.1) is 12.0 Å². The predicted molar refractivity (Wildman–Crippen MR) is 90.5 cm³/mol. The van der Waals surface area contributed by atoms with Crippen LogP contribution in [0, 0.1) is 5.41 Å². The molecule has 4 rings (SSSR count). The van der Waals surface area contributed by atoms with Crippen molar-refractivity contribution in [1.82, 2.24) is 14.9 Å². The second kappa shape index (κ2) is 6.04. The molecule has 4 nitrogen and oxygen atoms in total. The molecule has 0 saturated carbocycles. The summed E-state index contributed by atoms with van der Waals surface area (Å²) in [6, 6.07) is 5.65. The molecule has 0 aromatic carbocycles. The highest BCUT2D eigenvalue weighted by Crippen LogP contribution is 2.50. The van der Waals surface area contributed by atoms with E-state index < -0.39 is 11.3 Å². The van der Waals surface area contributed by atoms with Gasteiger partial charge in [-0.3, -0.25) is 4.90 Å². The van der Waals surface area contributed by atoms with Crippen molar-refractivity contribution in [3.8, 4) is 0 Å². The van der Waals surface area contributed by atoms with Crippen LogP contribution < -0.4 is 4.90 Å². The maximum atomic E-state index is 14.8. The summed E-state index contributed by atoms with van der Waals surface area (Å²) in [5.74, 6) is -1.84. The summed E-state index contributed by atoms with van der Waals surface area (Å²) in [7, 11) is 0. The standard InChI is InChI=1S/C17H20F2N4S/c18-17(19)5-8-22(11-15-21-7-10-24-15)12-16(17)4-9-23(13-16)14-3-1-2-6-20-14/h1-3,6-7,10H,4-5,8-9,11-13H2/t16-/m1/s1. The monoisotopic (exact) mass is 350 g/mol. The Morgan fingerprint density at radius 3 is 2.75 bits per heavy atom. The van der Waals surface area contributed by atoms with E-state index in [1.165, 1.54) is 0 Å². The molecule has 2 aliphatic heterocycles. The molecule has 7 heteroatoms.